The number of nitrogens with zero attached hydrogens (tertiary/aromatic N) is 5. The van der Waals surface area contributed by atoms with Crippen molar-refractivity contribution in [2.45, 2.75) is 6.04 Å². The molecule has 3 aromatic rings. The summed E-state index contributed by atoms with van der Waals surface area (Å²) < 4.78 is 11.2. The number of hydrogen-bond donors (Lipinski definition) is 1. The number of methoxy groups -OCH3 is 1. The summed E-state index contributed by atoms with van der Waals surface area (Å²) in [6, 6.07) is 7.55. The Hall–Kier alpha value is -4.35. The number of nitro groups is 1. The predicted molar refractivity (Wildman–Crippen MR) is 94.8 cm³/mol. The van der Waals surface area contributed by atoms with Crippen molar-refractivity contribution in [1.29, 1.82) is 0 Å². The number of ether oxygens (including phenoxy) is 1. The van der Waals surface area contributed by atoms with Crippen LogP contribution in [0.25, 0.3) is 0 Å². The first-order chi connectivity index (χ1) is 14.0. The number of Topliss-reactive ketones (excluding diaryl/α,β-unsaturated/α-hetero) is 1. The highest BCUT2D eigenvalue weighted by Crippen LogP contribution is 2.37. The van der Waals surface area contributed by atoms with Gasteiger partial charge in [-0.3, -0.25) is 14.9 Å². The lowest BCUT2D eigenvalue weighted by Gasteiger charge is -2.27. The van der Waals surface area contributed by atoms with Gasteiger partial charge in [0.1, 0.15) is 11.7 Å². The van der Waals surface area contributed by atoms with Crippen molar-refractivity contribution in [2.75, 3.05) is 12.4 Å². The fraction of sp³-hybridized carbons (Fsp3) is 0.118. The molecule has 12 nitrogen and oxygen atoms in total. The Morgan fingerprint density at radius 3 is 2.83 bits per heavy atom. The van der Waals surface area contributed by atoms with Gasteiger partial charge in [-0.25, -0.2) is 4.79 Å². The number of esters is 1. The average molecular weight is 396 g/mol. The van der Waals surface area contributed by atoms with E-state index in [2.05, 4.69) is 20.8 Å². The van der Waals surface area contributed by atoms with E-state index < -0.39 is 22.7 Å². The molecule has 4 rings (SSSR count). The number of carbonyl (C=O) groups is 2. The summed E-state index contributed by atoms with van der Waals surface area (Å²) >= 11 is 0. The molecule has 0 unspecified atom stereocenters. The zero-order valence-electron chi connectivity index (χ0n) is 14.8. The van der Waals surface area contributed by atoms with Crippen molar-refractivity contribution < 1.29 is 23.7 Å². The third-order valence-electron chi connectivity index (χ3n) is 4.29. The van der Waals surface area contributed by atoms with Crippen LogP contribution in [0, 0.1) is 10.1 Å². The minimum absolute atomic E-state index is 0.0323. The molecule has 0 saturated heterocycles. The van der Waals surface area contributed by atoms with E-state index in [9.17, 15) is 19.7 Å². The lowest BCUT2D eigenvalue weighted by Crippen LogP contribution is -2.32. The maximum atomic E-state index is 13.2. The Labute approximate surface area is 161 Å². The highest BCUT2D eigenvalue weighted by Gasteiger charge is 2.39. The number of nitrogens with one attached hydrogen (secondary N) is 1. The maximum Gasteiger partial charge on any atom is 0.355 e. The zero-order chi connectivity index (χ0) is 20.5. The van der Waals surface area contributed by atoms with Crippen LogP contribution in [0.5, 0.6) is 0 Å². The number of aromatic nitrogens is 4. The molecule has 0 aliphatic carbocycles. The first kappa shape index (κ1) is 18.0. The molecule has 29 heavy (non-hydrogen) atoms. The summed E-state index contributed by atoms with van der Waals surface area (Å²) in [5, 5.41) is 25.2. The number of allylic oxidation sites excluding steroid dienone is 1. The number of non-ortho nitro benzene ring substituents is 1. The van der Waals surface area contributed by atoms with E-state index in [-0.39, 0.29) is 28.7 Å². The monoisotopic (exact) mass is 396 g/mol. The number of hydrogen-bond acceptors (Lipinski definition) is 10. The summed E-state index contributed by atoms with van der Waals surface area (Å²) in [6.07, 6.45) is 1.31. The van der Waals surface area contributed by atoms with Gasteiger partial charge in [0, 0.05) is 12.1 Å². The first-order valence-electron chi connectivity index (χ1n) is 8.21. The Morgan fingerprint density at radius 2 is 2.14 bits per heavy atom. The third kappa shape index (κ3) is 3.01. The number of benzene rings is 1. The van der Waals surface area contributed by atoms with Crippen LogP contribution in [0.3, 0.4) is 0 Å². The first-order valence-corrected chi connectivity index (χ1v) is 8.21. The van der Waals surface area contributed by atoms with Gasteiger partial charge in [0.15, 0.2) is 5.76 Å². The Morgan fingerprint density at radius 1 is 1.31 bits per heavy atom. The number of anilines is 1. The lowest BCUT2D eigenvalue weighted by molar-refractivity contribution is -0.384. The molecule has 0 radical (unpaired) electrons. The largest absolute Gasteiger partial charge is 0.464 e. The Balaban J connectivity index is 1.97. The topological polar surface area (TPSA) is 155 Å². The number of carbonyl (C=O) groups excluding carboxylic acids is 2. The lowest BCUT2D eigenvalue weighted by atomic mass is 9.91. The van der Waals surface area contributed by atoms with Crippen LogP contribution < -0.4 is 5.32 Å². The summed E-state index contributed by atoms with van der Waals surface area (Å²) in [5.74, 6) is -1.42. The minimum atomic E-state index is -1.03. The van der Waals surface area contributed by atoms with Crippen LogP contribution >= 0.6 is 0 Å². The van der Waals surface area contributed by atoms with Gasteiger partial charge < -0.3 is 14.5 Å². The number of furan rings is 1. The number of rotatable bonds is 5. The van der Waals surface area contributed by atoms with Gasteiger partial charge in [-0.15, -0.1) is 0 Å². The van der Waals surface area contributed by atoms with E-state index in [4.69, 9.17) is 9.15 Å². The maximum absolute atomic E-state index is 13.2. The van der Waals surface area contributed by atoms with E-state index in [1.54, 1.807) is 6.07 Å². The zero-order valence-corrected chi connectivity index (χ0v) is 14.8. The van der Waals surface area contributed by atoms with Crippen molar-refractivity contribution in [3.8, 4) is 0 Å². The molecule has 2 aromatic heterocycles. The van der Waals surface area contributed by atoms with E-state index in [1.165, 1.54) is 41.3 Å². The Bertz CT molecular complexity index is 1150. The van der Waals surface area contributed by atoms with Gasteiger partial charge in [0.2, 0.25) is 11.7 Å². The summed E-state index contributed by atoms with van der Waals surface area (Å²) in [4.78, 5) is 36.3. The molecule has 1 aliphatic heterocycles. The number of nitro benzene ring substituents is 1. The van der Waals surface area contributed by atoms with Crippen LogP contribution in [-0.4, -0.2) is 44.0 Å². The second-order valence-corrected chi connectivity index (χ2v) is 5.91. The molecule has 0 spiro atoms. The van der Waals surface area contributed by atoms with Crippen molar-refractivity contribution in [2.24, 2.45) is 0 Å². The Kier molecular flexibility index (Phi) is 4.35. The molecule has 1 aromatic carbocycles. The molecule has 1 aliphatic rings. The molecular weight excluding hydrogens is 384 g/mol. The van der Waals surface area contributed by atoms with Gasteiger partial charge in [0.05, 0.1) is 23.9 Å². The van der Waals surface area contributed by atoms with Crippen molar-refractivity contribution in [3.63, 3.8) is 0 Å². The van der Waals surface area contributed by atoms with Gasteiger partial charge in [-0.05, 0) is 28.1 Å². The molecule has 0 amide bonds. The fourth-order valence-electron chi connectivity index (χ4n) is 3.05. The number of fused-ring (bicyclic) bond motifs is 1. The fourth-order valence-corrected chi connectivity index (χ4v) is 3.05. The van der Waals surface area contributed by atoms with Crippen LogP contribution in [0.4, 0.5) is 11.6 Å². The molecule has 12 heteroatoms. The quantitative estimate of drug-likeness (QED) is 0.290. The average Bonchev–Trinajstić information content (AvgIpc) is 3.43. The van der Waals surface area contributed by atoms with E-state index >= 15 is 0 Å². The molecule has 0 fully saturated rings. The van der Waals surface area contributed by atoms with Crippen LogP contribution in [0.1, 0.15) is 22.2 Å². The standard InChI is InChI=1S/C17H12N6O6/c1-28-16(25)13-12(15(24)11-6-3-7-29-11)14(22-17(18-13)19-20-21-22)9-4-2-5-10(8-9)23(26)27/h2-8,14H,1H3,(H,18,19,21)/t14-/m1/s1. The molecular formula is C17H12N6O6. The molecule has 3 heterocycles. The van der Waals surface area contributed by atoms with Crippen LogP contribution in [0.15, 0.2) is 58.3 Å². The van der Waals surface area contributed by atoms with Crippen molar-refractivity contribution >= 4 is 23.4 Å². The summed E-state index contributed by atoms with van der Waals surface area (Å²) in [5.41, 5.74) is -0.134. The predicted octanol–water partition coefficient (Wildman–Crippen LogP) is 1.50. The molecule has 1 N–H and O–H groups in total. The van der Waals surface area contributed by atoms with Gasteiger partial charge in [-0.1, -0.05) is 17.2 Å². The molecule has 146 valence electrons. The smallest absolute Gasteiger partial charge is 0.355 e. The molecule has 1 atom stereocenters. The summed E-state index contributed by atoms with van der Waals surface area (Å²) in [6.45, 7) is 0. The van der Waals surface area contributed by atoms with Crippen LogP contribution in [0.2, 0.25) is 0 Å². The van der Waals surface area contributed by atoms with E-state index in [1.807, 2.05) is 0 Å². The number of tetrazole rings is 1. The van der Waals surface area contributed by atoms with Gasteiger partial charge >= 0.3 is 5.97 Å². The van der Waals surface area contributed by atoms with Gasteiger partial charge in [0.25, 0.3) is 5.69 Å². The minimum Gasteiger partial charge on any atom is -0.464 e. The third-order valence-corrected chi connectivity index (χ3v) is 4.29. The molecule has 0 bridgehead atoms. The molecule has 0 saturated carbocycles. The summed E-state index contributed by atoms with van der Waals surface area (Å²) in [7, 11) is 1.16. The highest BCUT2D eigenvalue weighted by molar-refractivity contribution is 6.13. The van der Waals surface area contributed by atoms with Crippen molar-refractivity contribution in [3.05, 3.63) is 75.4 Å². The SMILES string of the molecule is COC(=O)C1=C(C(=O)c2ccco2)[C@@H](c2cccc([N+](=O)[O-])c2)n2nnnc2N1. The normalized spacial score (nSPS) is 15.4. The van der Waals surface area contributed by atoms with E-state index in [0.717, 1.165) is 7.11 Å². The van der Waals surface area contributed by atoms with E-state index in [0.29, 0.717) is 5.56 Å². The number of ketones is 1. The van der Waals surface area contributed by atoms with Crippen LogP contribution in [-0.2, 0) is 9.53 Å². The highest BCUT2D eigenvalue weighted by atomic mass is 16.6. The second kappa shape index (κ2) is 6.99. The van der Waals surface area contributed by atoms with Gasteiger partial charge in [-0.2, -0.15) is 4.68 Å². The second-order valence-electron chi connectivity index (χ2n) is 5.91. The van der Waals surface area contributed by atoms with Crippen molar-refractivity contribution in [1.82, 2.24) is 20.2 Å².